The van der Waals surface area contributed by atoms with Crippen LogP contribution in [0.4, 0.5) is 8.78 Å². The second kappa shape index (κ2) is 4.23. The highest BCUT2D eigenvalue weighted by atomic mass is 35.5. The lowest BCUT2D eigenvalue weighted by molar-refractivity contribution is 0.554. The average Bonchev–Trinajstić information content (AvgIpc) is 2.09. The zero-order chi connectivity index (χ0) is 10.8. The van der Waals surface area contributed by atoms with E-state index in [-0.39, 0.29) is 5.88 Å². The van der Waals surface area contributed by atoms with Gasteiger partial charge in [-0.05, 0) is 18.2 Å². The lowest BCUT2D eigenvalue weighted by Gasteiger charge is -2.03. The highest BCUT2D eigenvalue weighted by Crippen LogP contribution is 2.17. The number of hydrogen-bond donors (Lipinski definition) is 0. The Labute approximate surface area is 85.4 Å². The van der Waals surface area contributed by atoms with Crippen LogP contribution in [-0.2, 0) is 9.84 Å². The molecule has 0 unspecified atom stereocenters. The van der Waals surface area contributed by atoms with Gasteiger partial charge < -0.3 is 0 Å². The fraction of sp³-hybridized carbons (Fsp3) is 0.250. The number of halogens is 3. The summed E-state index contributed by atoms with van der Waals surface area (Å²) in [4.78, 5) is -0.641. The van der Waals surface area contributed by atoms with E-state index >= 15 is 0 Å². The SMILES string of the molecule is O=S(=O)(CCCl)c1cc(F)ccc1F. The van der Waals surface area contributed by atoms with E-state index in [1.165, 1.54) is 0 Å². The van der Waals surface area contributed by atoms with Crippen molar-refractivity contribution in [3.63, 3.8) is 0 Å². The Bertz CT molecular complexity index is 431. The Balaban J connectivity index is 3.25. The molecule has 0 aliphatic carbocycles. The topological polar surface area (TPSA) is 34.1 Å². The van der Waals surface area contributed by atoms with Crippen molar-refractivity contribution < 1.29 is 17.2 Å². The molecule has 0 fully saturated rings. The van der Waals surface area contributed by atoms with Crippen LogP contribution >= 0.6 is 11.6 Å². The van der Waals surface area contributed by atoms with Crippen molar-refractivity contribution in [3.05, 3.63) is 29.8 Å². The lowest BCUT2D eigenvalue weighted by Crippen LogP contribution is -2.10. The van der Waals surface area contributed by atoms with E-state index in [1.807, 2.05) is 0 Å². The van der Waals surface area contributed by atoms with Gasteiger partial charge in [-0.3, -0.25) is 0 Å². The maximum atomic E-state index is 13.0. The number of hydrogen-bond acceptors (Lipinski definition) is 2. The fourth-order valence-corrected chi connectivity index (χ4v) is 2.62. The van der Waals surface area contributed by atoms with Gasteiger partial charge in [0.15, 0.2) is 9.84 Å². The highest BCUT2D eigenvalue weighted by molar-refractivity contribution is 7.91. The summed E-state index contributed by atoms with van der Waals surface area (Å²) in [5, 5.41) is 0. The first kappa shape index (κ1) is 11.4. The van der Waals surface area contributed by atoms with Crippen molar-refractivity contribution in [2.45, 2.75) is 4.90 Å². The molecule has 1 rings (SSSR count). The van der Waals surface area contributed by atoms with Crippen molar-refractivity contribution in [2.75, 3.05) is 11.6 Å². The molecule has 0 saturated heterocycles. The van der Waals surface area contributed by atoms with Gasteiger partial charge in [0.1, 0.15) is 16.5 Å². The predicted molar refractivity (Wildman–Crippen MR) is 49.1 cm³/mol. The van der Waals surface area contributed by atoms with Gasteiger partial charge in [0.25, 0.3) is 0 Å². The van der Waals surface area contributed by atoms with E-state index in [4.69, 9.17) is 11.6 Å². The van der Waals surface area contributed by atoms with Gasteiger partial charge in [0, 0.05) is 5.88 Å². The molecule has 0 heterocycles. The molecule has 0 aliphatic heterocycles. The van der Waals surface area contributed by atoms with Gasteiger partial charge in [0.2, 0.25) is 0 Å². The quantitative estimate of drug-likeness (QED) is 0.757. The zero-order valence-corrected chi connectivity index (χ0v) is 8.58. The Morgan fingerprint density at radius 2 is 1.93 bits per heavy atom. The molecular weight excluding hydrogens is 234 g/mol. The van der Waals surface area contributed by atoms with E-state index < -0.39 is 32.1 Å². The Morgan fingerprint density at radius 1 is 1.29 bits per heavy atom. The van der Waals surface area contributed by atoms with Gasteiger partial charge in [-0.2, -0.15) is 0 Å². The van der Waals surface area contributed by atoms with E-state index in [9.17, 15) is 17.2 Å². The van der Waals surface area contributed by atoms with Gasteiger partial charge >= 0.3 is 0 Å². The summed E-state index contributed by atoms with van der Waals surface area (Å²) >= 11 is 5.23. The summed E-state index contributed by atoms with van der Waals surface area (Å²) in [5.41, 5.74) is 0. The third-order valence-electron chi connectivity index (χ3n) is 1.57. The molecule has 0 amide bonds. The summed E-state index contributed by atoms with van der Waals surface area (Å²) in [6.45, 7) is 0. The molecule has 1 aromatic carbocycles. The molecule has 0 aromatic heterocycles. The third kappa shape index (κ3) is 2.42. The maximum absolute atomic E-state index is 13.0. The number of benzene rings is 1. The fourth-order valence-electron chi connectivity index (χ4n) is 0.927. The molecule has 2 nitrogen and oxygen atoms in total. The van der Waals surface area contributed by atoms with Gasteiger partial charge in [-0.25, -0.2) is 17.2 Å². The molecule has 0 N–H and O–H groups in total. The summed E-state index contributed by atoms with van der Waals surface area (Å²) in [6, 6.07) is 2.28. The lowest BCUT2D eigenvalue weighted by atomic mass is 10.3. The summed E-state index contributed by atoms with van der Waals surface area (Å²) < 4.78 is 48.3. The van der Waals surface area contributed by atoms with Gasteiger partial charge in [0.05, 0.1) is 5.75 Å². The number of rotatable bonds is 3. The number of sulfone groups is 1. The minimum absolute atomic E-state index is 0.154. The largest absolute Gasteiger partial charge is 0.224 e. The average molecular weight is 241 g/mol. The molecule has 14 heavy (non-hydrogen) atoms. The van der Waals surface area contributed by atoms with Crippen LogP contribution in [0.5, 0.6) is 0 Å². The Hall–Kier alpha value is -0.680. The molecule has 0 saturated carbocycles. The van der Waals surface area contributed by atoms with E-state index in [0.717, 1.165) is 12.1 Å². The second-order valence-electron chi connectivity index (χ2n) is 2.58. The number of alkyl halides is 1. The van der Waals surface area contributed by atoms with Crippen LogP contribution in [-0.4, -0.2) is 20.1 Å². The third-order valence-corrected chi connectivity index (χ3v) is 3.71. The van der Waals surface area contributed by atoms with Gasteiger partial charge in [-0.15, -0.1) is 11.6 Å². The minimum Gasteiger partial charge on any atom is -0.224 e. The molecule has 6 heteroatoms. The van der Waals surface area contributed by atoms with Crippen LogP contribution in [0.1, 0.15) is 0 Å². The van der Waals surface area contributed by atoms with Crippen molar-refractivity contribution in [3.8, 4) is 0 Å². The van der Waals surface area contributed by atoms with Gasteiger partial charge in [-0.1, -0.05) is 0 Å². The van der Waals surface area contributed by atoms with Crippen LogP contribution in [0, 0.1) is 11.6 Å². The summed E-state index contributed by atoms with van der Waals surface area (Å²) in [7, 11) is -3.81. The first-order valence-corrected chi connectivity index (χ1v) is 5.90. The van der Waals surface area contributed by atoms with Crippen LogP contribution in [0.2, 0.25) is 0 Å². The smallest absolute Gasteiger partial charge is 0.182 e. The molecule has 1 aromatic rings. The van der Waals surface area contributed by atoms with E-state index in [2.05, 4.69) is 0 Å². The highest BCUT2D eigenvalue weighted by Gasteiger charge is 2.19. The molecule has 0 bridgehead atoms. The van der Waals surface area contributed by atoms with Crippen molar-refractivity contribution in [2.24, 2.45) is 0 Å². The first-order chi connectivity index (χ1) is 6.47. The molecule has 0 atom stereocenters. The van der Waals surface area contributed by atoms with Crippen molar-refractivity contribution in [1.82, 2.24) is 0 Å². The molecule has 0 aliphatic rings. The first-order valence-electron chi connectivity index (χ1n) is 3.71. The Morgan fingerprint density at radius 3 is 2.50 bits per heavy atom. The molecule has 0 spiro atoms. The zero-order valence-electron chi connectivity index (χ0n) is 7.00. The van der Waals surface area contributed by atoms with Crippen LogP contribution in [0.3, 0.4) is 0 Å². The Kier molecular flexibility index (Phi) is 3.44. The van der Waals surface area contributed by atoms with E-state index in [1.54, 1.807) is 0 Å². The van der Waals surface area contributed by atoms with Crippen molar-refractivity contribution in [1.29, 1.82) is 0 Å². The second-order valence-corrected chi connectivity index (χ2v) is 5.04. The predicted octanol–water partition coefficient (Wildman–Crippen LogP) is 1.98. The van der Waals surface area contributed by atoms with Crippen LogP contribution < -0.4 is 0 Å². The monoisotopic (exact) mass is 240 g/mol. The van der Waals surface area contributed by atoms with E-state index in [0.29, 0.717) is 6.07 Å². The molecule has 0 radical (unpaired) electrons. The van der Waals surface area contributed by atoms with Crippen LogP contribution in [0.15, 0.2) is 23.1 Å². The summed E-state index contributed by atoms with van der Waals surface area (Å²) in [6.07, 6.45) is 0. The standard InChI is InChI=1S/C8H7ClF2O2S/c9-3-4-14(12,13)8-5-6(10)1-2-7(8)11/h1-2,5H,3-4H2. The maximum Gasteiger partial charge on any atom is 0.182 e. The normalized spacial score (nSPS) is 11.6. The summed E-state index contributed by atoms with van der Waals surface area (Å²) in [5.74, 6) is -2.32. The molecule has 78 valence electrons. The molecular formula is C8H7ClF2O2S. The van der Waals surface area contributed by atoms with Crippen LogP contribution in [0.25, 0.3) is 0 Å². The minimum atomic E-state index is -3.81. The van der Waals surface area contributed by atoms with Crippen molar-refractivity contribution >= 4 is 21.4 Å².